The molecule has 0 N–H and O–H groups in total. The Balaban J connectivity index is 1.46. The van der Waals surface area contributed by atoms with Gasteiger partial charge in [0.2, 0.25) is 0 Å². The Labute approximate surface area is 256 Å². The van der Waals surface area contributed by atoms with Crippen molar-refractivity contribution in [3.8, 4) is 39.8 Å². The van der Waals surface area contributed by atoms with Crippen molar-refractivity contribution in [2.75, 3.05) is 14.2 Å². The first kappa shape index (κ1) is 27.6. The zero-order valence-corrected chi connectivity index (χ0v) is 24.3. The third-order valence-electron chi connectivity index (χ3n) is 7.52. The molecule has 0 bridgehead atoms. The van der Waals surface area contributed by atoms with Gasteiger partial charge in [-0.1, -0.05) is 18.2 Å². The number of benzene rings is 2. The van der Waals surface area contributed by atoms with E-state index < -0.39 is 0 Å². The van der Waals surface area contributed by atoms with Gasteiger partial charge in [0.15, 0.2) is 17.3 Å². The highest BCUT2D eigenvalue weighted by molar-refractivity contribution is 5.96. The van der Waals surface area contributed by atoms with Crippen molar-refractivity contribution in [3.63, 3.8) is 0 Å². The van der Waals surface area contributed by atoms with E-state index in [-0.39, 0.29) is 23.5 Å². The second-order valence-electron chi connectivity index (χ2n) is 10.2. The smallest absolute Gasteiger partial charge is 0.280 e. The van der Waals surface area contributed by atoms with E-state index >= 15 is 0 Å². The molecule has 0 spiro atoms. The number of hydrogen-bond acceptors (Lipinski definition) is 9. The molecular formula is C34H25N7O4. The van der Waals surface area contributed by atoms with Crippen LogP contribution in [-0.2, 0) is 6.54 Å². The van der Waals surface area contributed by atoms with Crippen LogP contribution >= 0.6 is 0 Å². The lowest BCUT2D eigenvalue weighted by atomic mass is 10.0. The predicted molar refractivity (Wildman–Crippen MR) is 170 cm³/mol. The summed E-state index contributed by atoms with van der Waals surface area (Å²) >= 11 is 0. The monoisotopic (exact) mass is 595 g/mol. The Morgan fingerprint density at radius 1 is 0.644 bits per heavy atom. The van der Waals surface area contributed by atoms with E-state index in [4.69, 9.17) is 19.7 Å². The lowest BCUT2D eigenvalue weighted by Gasteiger charge is -2.15. The standard InChI is InChI=1S/C34H25N7O4/c1-44-28-17-26-27(18-29(28)45-2)33(42)40(20-21-9-13-35-14-10-21)38-31(26)22-11-15-37-30(16-22)41-34(43)25-8-4-3-7-24(25)32(39-41)23-6-5-12-36-19-23/h3-19H,20H2,1-2H3. The minimum Gasteiger partial charge on any atom is -0.493 e. The molecule has 0 saturated heterocycles. The van der Waals surface area contributed by atoms with Gasteiger partial charge in [-0.2, -0.15) is 14.9 Å². The van der Waals surface area contributed by atoms with Crippen LogP contribution in [0.2, 0.25) is 0 Å². The number of nitrogens with zero attached hydrogens (tertiary/aromatic N) is 7. The number of pyridine rings is 3. The van der Waals surface area contributed by atoms with E-state index in [0.717, 1.165) is 11.1 Å². The van der Waals surface area contributed by atoms with Crippen LogP contribution in [0.3, 0.4) is 0 Å². The topological polar surface area (TPSA) is 127 Å². The van der Waals surface area contributed by atoms with E-state index in [0.29, 0.717) is 50.0 Å². The number of aromatic nitrogens is 7. The van der Waals surface area contributed by atoms with Gasteiger partial charge in [0.1, 0.15) is 5.69 Å². The van der Waals surface area contributed by atoms with Crippen molar-refractivity contribution in [1.82, 2.24) is 34.5 Å². The average Bonchev–Trinajstić information content (AvgIpc) is 3.10. The maximum absolute atomic E-state index is 13.8. The molecule has 0 aliphatic heterocycles. The van der Waals surface area contributed by atoms with Gasteiger partial charge < -0.3 is 9.47 Å². The first-order chi connectivity index (χ1) is 22.1. The van der Waals surface area contributed by atoms with Crippen LogP contribution in [0.25, 0.3) is 49.9 Å². The number of ether oxygens (including phenoxy) is 2. The van der Waals surface area contributed by atoms with Gasteiger partial charge in [-0.3, -0.25) is 19.6 Å². The molecule has 0 aliphatic rings. The molecule has 0 atom stereocenters. The van der Waals surface area contributed by atoms with Gasteiger partial charge in [-0.25, -0.2) is 9.67 Å². The van der Waals surface area contributed by atoms with Crippen molar-refractivity contribution in [2.45, 2.75) is 6.54 Å². The van der Waals surface area contributed by atoms with Crippen molar-refractivity contribution < 1.29 is 9.47 Å². The first-order valence-electron chi connectivity index (χ1n) is 14.0. The summed E-state index contributed by atoms with van der Waals surface area (Å²) in [5.74, 6) is 1.15. The molecule has 0 saturated carbocycles. The highest BCUT2D eigenvalue weighted by Crippen LogP contribution is 2.35. The molecular weight excluding hydrogens is 570 g/mol. The molecule has 7 aromatic rings. The van der Waals surface area contributed by atoms with Crippen LogP contribution < -0.4 is 20.6 Å². The third-order valence-corrected chi connectivity index (χ3v) is 7.52. The van der Waals surface area contributed by atoms with Crippen LogP contribution in [0.15, 0.2) is 113 Å². The van der Waals surface area contributed by atoms with E-state index in [1.807, 2.05) is 42.5 Å². The largest absolute Gasteiger partial charge is 0.493 e. The fourth-order valence-corrected chi connectivity index (χ4v) is 5.33. The Morgan fingerprint density at radius 2 is 1.38 bits per heavy atom. The number of fused-ring (bicyclic) bond motifs is 2. The second-order valence-corrected chi connectivity index (χ2v) is 10.2. The minimum absolute atomic E-state index is 0.219. The summed E-state index contributed by atoms with van der Waals surface area (Å²) < 4.78 is 13.8. The van der Waals surface area contributed by atoms with Gasteiger partial charge in [0.05, 0.1) is 37.2 Å². The lowest BCUT2D eigenvalue weighted by molar-refractivity contribution is 0.356. The number of methoxy groups -OCH3 is 2. The molecule has 11 heteroatoms. The van der Waals surface area contributed by atoms with Gasteiger partial charge in [-0.15, -0.1) is 0 Å². The molecule has 5 heterocycles. The zero-order valence-electron chi connectivity index (χ0n) is 24.3. The summed E-state index contributed by atoms with van der Waals surface area (Å²) in [5.41, 5.74) is 2.70. The van der Waals surface area contributed by atoms with Gasteiger partial charge in [0.25, 0.3) is 11.1 Å². The molecule has 220 valence electrons. The fourth-order valence-electron chi connectivity index (χ4n) is 5.33. The molecule has 0 fully saturated rings. The molecule has 7 rings (SSSR count). The van der Waals surface area contributed by atoms with Crippen LogP contribution in [-0.4, -0.2) is 48.7 Å². The van der Waals surface area contributed by atoms with E-state index in [1.165, 1.54) is 23.6 Å². The number of hydrogen-bond donors (Lipinski definition) is 0. The summed E-state index contributed by atoms with van der Waals surface area (Å²) in [7, 11) is 3.05. The van der Waals surface area contributed by atoms with Crippen LogP contribution in [0.5, 0.6) is 11.5 Å². The zero-order chi connectivity index (χ0) is 30.9. The molecule has 2 aromatic carbocycles. The maximum atomic E-state index is 13.8. The van der Waals surface area contributed by atoms with Crippen LogP contribution in [0.4, 0.5) is 0 Å². The molecule has 5 aromatic heterocycles. The molecule has 0 radical (unpaired) electrons. The van der Waals surface area contributed by atoms with Crippen LogP contribution in [0.1, 0.15) is 5.56 Å². The van der Waals surface area contributed by atoms with Crippen molar-refractivity contribution >= 4 is 21.5 Å². The van der Waals surface area contributed by atoms with E-state index in [9.17, 15) is 9.59 Å². The van der Waals surface area contributed by atoms with Crippen molar-refractivity contribution in [1.29, 1.82) is 0 Å². The highest BCUT2D eigenvalue weighted by Gasteiger charge is 2.19. The van der Waals surface area contributed by atoms with Gasteiger partial charge in [-0.05, 0) is 60.2 Å². The van der Waals surface area contributed by atoms with Crippen molar-refractivity contribution in [3.05, 3.63) is 130 Å². The maximum Gasteiger partial charge on any atom is 0.280 e. The summed E-state index contributed by atoms with van der Waals surface area (Å²) in [5, 5.41) is 11.7. The van der Waals surface area contributed by atoms with E-state index in [2.05, 4.69) is 15.0 Å². The fraction of sp³-hybridized carbons (Fsp3) is 0.0882. The highest BCUT2D eigenvalue weighted by atomic mass is 16.5. The molecule has 0 unspecified atom stereocenters. The Kier molecular flexibility index (Phi) is 7.02. The quantitative estimate of drug-likeness (QED) is 0.258. The van der Waals surface area contributed by atoms with Crippen molar-refractivity contribution in [2.24, 2.45) is 0 Å². The normalized spacial score (nSPS) is 11.2. The van der Waals surface area contributed by atoms with Crippen LogP contribution in [0, 0.1) is 0 Å². The number of rotatable bonds is 7. The van der Waals surface area contributed by atoms with E-state index in [1.54, 1.807) is 61.3 Å². The first-order valence-corrected chi connectivity index (χ1v) is 14.0. The summed E-state index contributed by atoms with van der Waals surface area (Å²) in [6.07, 6.45) is 8.31. The minimum atomic E-state index is -0.324. The molecule has 45 heavy (non-hydrogen) atoms. The summed E-state index contributed by atoms with van der Waals surface area (Å²) in [6, 6.07) is 21.6. The lowest BCUT2D eigenvalue weighted by Crippen LogP contribution is -2.25. The summed E-state index contributed by atoms with van der Waals surface area (Å²) in [4.78, 5) is 40.3. The second kappa shape index (κ2) is 11.5. The predicted octanol–water partition coefficient (Wildman–Crippen LogP) is 4.68. The Morgan fingerprint density at radius 3 is 2.11 bits per heavy atom. The SMILES string of the molecule is COc1cc2c(-c3ccnc(-n4nc(-c5cccnc5)c5ccccc5c4=O)c3)nn(Cc3ccncc3)c(=O)c2cc1OC. The molecule has 11 nitrogen and oxygen atoms in total. The molecule has 0 aliphatic carbocycles. The van der Waals surface area contributed by atoms with Gasteiger partial charge >= 0.3 is 0 Å². The summed E-state index contributed by atoms with van der Waals surface area (Å²) in [6.45, 7) is 0.219. The Hall–Kier alpha value is -6.23. The Bertz CT molecular complexity index is 2320. The molecule has 0 amide bonds. The average molecular weight is 596 g/mol. The third kappa shape index (κ3) is 4.95. The van der Waals surface area contributed by atoms with Gasteiger partial charge in [0, 0.05) is 52.9 Å².